The molecule has 1 atom stereocenters. The van der Waals surface area contributed by atoms with Gasteiger partial charge in [0.2, 0.25) is 0 Å². The third kappa shape index (κ3) is 4.56. The van der Waals surface area contributed by atoms with Crippen LogP contribution in [0.5, 0.6) is 5.75 Å². The number of phenolic OH excluding ortho intramolecular Hbond substituents is 1. The predicted molar refractivity (Wildman–Crippen MR) is 104 cm³/mol. The zero-order chi connectivity index (χ0) is 18.8. The summed E-state index contributed by atoms with van der Waals surface area (Å²) in [5, 5.41) is 13.6. The zero-order valence-corrected chi connectivity index (χ0v) is 16.8. The Morgan fingerprint density at radius 3 is 2.44 bits per heavy atom. The smallest absolute Gasteiger partial charge is 0.255 e. The van der Waals surface area contributed by atoms with Gasteiger partial charge in [-0.3, -0.25) is 4.79 Å². The molecule has 0 bridgehead atoms. The molecule has 25 heavy (non-hydrogen) atoms. The van der Waals surface area contributed by atoms with Crippen molar-refractivity contribution in [1.82, 2.24) is 5.32 Å². The Kier molecular flexibility index (Phi) is 6.18. The molecule has 1 aromatic carbocycles. The number of rotatable bonds is 6. The molecule has 3 nitrogen and oxygen atoms in total. The summed E-state index contributed by atoms with van der Waals surface area (Å²) >= 11 is 0. The maximum Gasteiger partial charge on any atom is 0.255 e. The molecule has 1 amide bonds. The number of aromatic hydroxyl groups is 1. The van der Waals surface area contributed by atoms with Gasteiger partial charge in [-0.05, 0) is 59.6 Å². The second-order valence-electron chi connectivity index (χ2n) is 8.94. The molecule has 1 aromatic rings. The Bertz CT molecular complexity index is 617. The van der Waals surface area contributed by atoms with Crippen LogP contribution < -0.4 is 5.32 Å². The number of amides is 1. The van der Waals surface area contributed by atoms with Gasteiger partial charge in [0.05, 0.1) is 5.56 Å². The summed E-state index contributed by atoms with van der Waals surface area (Å²) in [5.74, 6) is 1.17. The topological polar surface area (TPSA) is 49.3 Å². The van der Waals surface area contributed by atoms with Crippen molar-refractivity contribution in [3.05, 3.63) is 28.8 Å². The Labute approximate surface area is 153 Å². The zero-order valence-electron chi connectivity index (χ0n) is 16.8. The fourth-order valence-electron chi connectivity index (χ4n) is 4.02. The van der Waals surface area contributed by atoms with Crippen molar-refractivity contribution in [2.24, 2.45) is 11.3 Å². The van der Waals surface area contributed by atoms with Gasteiger partial charge in [-0.15, -0.1) is 0 Å². The molecule has 1 unspecified atom stereocenters. The molecule has 0 saturated heterocycles. The molecule has 0 heterocycles. The highest BCUT2D eigenvalue weighted by atomic mass is 16.3. The molecule has 1 saturated carbocycles. The SMILES string of the molecule is CC(C)c1cc(C(=O)NCCC2CCCC2(C)C)c(O)c(C(C)C)c1. The third-order valence-corrected chi connectivity index (χ3v) is 5.95. The van der Waals surface area contributed by atoms with E-state index in [1.807, 2.05) is 26.0 Å². The van der Waals surface area contributed by atoms with Crippen LogP contribution in [0.15, 0.2) is 12.1 Å². The van der Waals surface area contributed by atoms with Crippen molar-refractivity contribution in [2.45, 2.75) is 79.1 Å². The molecular formula is C22H35NO2. The van der Waals surface area contributed by atoms with Gasteiger partial charge in [0, 0.05) is 6.54 Å². The van der Waals surface area contributed by atoms with Gasteiger partial charge >= 0.3 is 0 Å². The number of hydrogen-bond donors (Lipinski definition) is 2. The molecule has 2 rings (SSSR count). The van der Waals surface area contributed by atoms with E-state index < -0.39 is 0 Å². The van der Waals surface area contributed by atoms with Gasteiger partial charge in [-0.2, -0.15) is 0 Å². The Hall–Kier alpha value is -1.51. The summed E-state index contributed by atoms with van der Waals surface area (Å²) < 4.78 is 0. The van der Waals surface area contributed by atoms with Crippen LogP contribution in [-0.4, -0.2) is 17.6 Å². The monoisotopic (exact) mass is 345 g/mol. The van der Waals surface area contributed by atoms with Crippen LogP contribution in [0.3, 0.4) is 0 Å². The van der Waals surface area contributed by atoms with E-state index in [9.17, 15) is 9.90 Å². The van der Waals surface area contributed by atoms with Gasteiger partial charge in [0.1, 0.15) is 5.75 Å². The largest absolute Gasteiger partial charge is 0.507 e. The van der Waals surface area contributed by atoms with E-state index in [0.717, 1.165) is 17.5 Å². The molecule has 2 N–H and O–H groups in total. The van der Waals surface area contributed by atoms with Crippen molar-refractivity contribution in [3.63, 3.8) is 0 Å². The number of nitrogens with one attached hydrogen (secondary N) is 1. The minimum Gasteiger partial charge on any atom is -0.507 e. The van der Waals surface area contributed by atoms with Gasteiger partial charge in [0.25, 0.3) is 5.91 Å². The summed E-state index contributed by atoms with van der Waals surface area (Å²) in [5.41, 5.74) is 2.76. The van der Waals surface area contributed by atoms with Gasteiger partial charge < -0.3 is 10.4 Å². The lowest BCUT2D eigenvalue weighted by Gasteiger charge is -2.27. The molecule has 140 valence electrons. The Balaban J connectivity index is 2.10. The molecule has 0 spiro atoms. The number of benzene rings is 1. The lowest BCUT2D eigenvalue weighted by molar-refractivity contribution is 0.0944. The molecular weight excluding hydrogens is 310 g/mol. The molecule has 0 aromatic heterocycles. The number of hydrogen-bond acceptors (Lipinski definition) is 2. The van der Waals surface area contributed by atoms with Gasteiger partial charge in [-0.1, -0.05) is 54.0 Å². The van der Waals surface area contributed by atoms with Crippen molar-refractivity contribution in [3.8, 4) is 5.75 Å². The first kappa shape index (κ1) is 19.8. The highest BCUT2D eigenvalue weighted by molar-refractivity contribution is 5.97. The maximum absolute atomic E-state index is 12.7. The van der Waals surface area contributed by atoms with Crippen LogP contribution in [0.25, 0.3) is 0 Å². The minimum atomic E-state index is -0.155. The predicted octanol–water partition coefficient (Wildman–Crippen LogP) is 5.59. The second-order valence-corrected chi connectivity index (χ2v) is 8.94. The first-order valence-corrected chi connectivity index (χ1v) is 9.78. The van der Waals surface area contributed by atoms with E-state index in [-0.39, 0.29) is 17.6 Å². The molecule has 3 heteroatoms. The molecule has 1 aliphatic carbocycles. The van der Waals surface area contributed by atoms with E-state index in [1.165, 1.54) is 19.3 Å². The first-order chi connectivity index (χ1) is 11.6. The Morgan fingerprint density at radius 2 is 1.92 bits per heavy atom. The van der Waals surface area contributed by atoms with Crippen LogP contribution >= 0.6 is 0 Å². The molecule has 1 fully saturated rings. The number of carbonyl (C=O) groups is 1. The molecule has 1 aliphatic rings. The molecule has 0 radical (unpaired) electrons. The standard InChI is InChI=1S/C22H35NO2/c1-14(2)16-12-18(15(3)4)20(24)19(13-16)21(25)23-11-9-17-8-7-10-22(17,5)6/h12-15,17,24H,7-11H2,1-6H3,(H,23,25). The van der Waals surface area contributed by atoms with Crippen LogP contribution in [0.2, 0.25) is 0 Å². The summed E-state index contributed by atoms with van der Waals surface area (Å²) in [4.78, 5) is 12.7. The van der Waals surface area contributed by atoms with Crippen molar-refractivity contribution >= 4 is 5.91 Å². The summed E-state index contributed by atoms with van der Waals surface area (Å²) in [6, 6.07) is 3.88. The van der Waals surface area contributed by atoms with Gasteiger partial charge in [-0.25, -0.2) is 0 Å². The van der Waals surface area contributed by atoms with Crippen LogP contribution in [0, 0.1) is 11.3 Å². The number of carbonyl (C=O) groups excluding carboxylic acids is 1. The highest BCUT2D eigenvalue weighted by Gasteiger charge is 2.33. The second kappa shape index (κ2) is 7.80. The van der Waals surface area contributed by atoms with E-state index in [1.54, 1.807) is 0 Å². The third-order valence-electron chi connectivity index (χ3n) is 5.95. The van der Waals surface area contributed by atoms with Crippen LogP contribution in [0.4, 0.5) is 0 Å². The average molecular weight is 346 g/mol. The van der Waals surface area contributed by atoms with Crippen molar-refractivity contribution < 1.29 is 9.90 Å². The average Bonchev–Trinajstić information content (AvgIpc) is 2.85. The first-order valence-electron chi connectivity index (χ1n) is 9.78. The lowest BCUT2D eigenvalue weighted by Crippen LogP contribution is -2.28. The fourth-order valence-corrected chi connectivity index (χ4v) is 4.02. The summed E-state index contributed by atoms with van der Waals surface area (Å²) in [6.45, 7) is 13.7. The van der Waals surface area contributed by atoms with Gasteiger partial charge in [0.15, 0.2) is 0 Å². The summed E-state index contributed by atoms with van der Waals surface area (Å²) in [7, 11) is 0. The normalized spacial score (nSPS) is 19.6. The van der Waals surface area contributed by atoms with Crippen LogP contribution in [-0.2, 0) is 0 Å². The van der Waals surface area contributed by atoms with E-state index >= 15 is 0 Å². The van der Waals surface area contributed by atoms with E-state index in [2.05, 4.69) is 33.0 Å². The minimum absolute atomic E-state index is 0.137. The highest BCUT2D eigenvalue weighted by Crippen LogP contribution is 2.44. The van der Waals surface area contributed by atoms with Crippen molar-refractivity contribution in [1.29, 1.82) is 0 Å². The van der Waals surface area contributed by atoms with Crippen LogP contribution in [0.1, 0.15) is 101 Å². The number of phenols is 1. The maximum atomic E-state index is 12.7. The lowest BCUT2D eigenvalue weighted by atomic mass is 9.80. The van der Waals surface area contributed by atoms with E-state index in [0.29, 0.717) is 29.4 Å². The van der Waals surface area contributed by atoms with Crippen molar-refractivity contribution in [2.75, 3.05) is 6.54 Å². The fraction of sp³-hybridized carbons (Fsp3) is 0.682. The Morgan fingerprint density at radius 1 is 1.24 bits per heavy atom. The van der Waals surface area contributed by atoms with E-state index in [4.69, 9.17) is 0 Å². The quantitative estimate of drug-likeness (QED) is 0.706. The molecule has 0 aliphatic heterocycles. The summed E-state index contributed by atoms with van der Waals surface area (Å²) in [6.07, 6.45) is 4.84.